The number of carboxylic acid groups (broad SMARTS) is 1. The van der Waals surface area contributed by atoms with Crippen LogP contribution < -0.4 is 14.8 Å². The summed E-state index contributed by atoms with van der Waals surface area (Å²) in [6.45, 7) is 0.183. The number of ether oxygens (including phenoxy) is 2. The summed E-state index contributed by atoms with van der Waals surface area (Å²) >= 11 is 0. The lowest BCUT2D eigenvalue weighted by molar-refractivity contribution is -0.116. The lowest BCUT2D eigenvalue weighted by Gasteiger charge is -2.34. The summed E-state index contributed by atoms with van der Waals surface area (Å²) in [6, 6.07) is 10.6. The van der Waals surface area contributed by atoms with Gasteiger partial charge in [-0.05, 0) is 42.2 Å². The summed E-state index contributed by atoms with van der Waals surface area (Å²) < 4.78 is 11.0. The Morgan fingerprint density at radius 1 is 1.07 bits per heavy atom. The molecule has 2 N–H and O–H groups in total. The molecule has 1 atom stereocenters. The molecule has 0 aromatic heterocycles. The van der Waals surface area contributed by atoms with E-state index in [1.807, 2.05) is 12.1 Å². The highest BCUT2D eigenvalue weighted by atomic mass is 16.7. The molecule has 27 heavy (non-hydrogen) atoms. The Balaban J connectivity index is 1.69. The Morgan fingerprint density at radius 3 is 2.56 bits per heavy atom. The average molecular weight is 363 g/mol. The quantitative estimate of drug-likeness (QED) is 0.847. The van der Waals surface area contributed by atoms with Crippen LogP contribution >= 0.6 is 0 Å². The SMILES string of the molecule is O=C1CCCC2=C1[C@H](c1ccc(C(=O)O)cc1)c1cc3c(cc1N2)OCO3. The Hall–Kier alpha value is -3.28. The van der Waals surface area contributed by atoms with E-state index < -0.39 is 5.97 Å². The Labute approximate surface area is 155 Å². The number of carboxylic acids is 1. The second-order valence-corrected chi connectivity index (χ2v) is 6.95. The van der Waals surface area contributed by atoms with Crippen molar-refractivity contribution in [1.29, 1.82) is 0 Å². The second-order valence-electron chi connectivity index (χ2n) is 6.95. The third kappa shape index (κ3) is 2.48. The molecule has 5 rings (SSSR count). The van der Waals surface area contributed by atoms with Gasteiger partial charge in [-0.2, -0.15) is 0 Å². The van der Waals surface area contributed by atoms with E-state index in [0.717, 1.165) is 40.9 Å². The number of hydrogen-bond donors (Lipinski definition) is 2. The number of allylic oxidation sites excluding steroid dienone is 2. The molecule has 0 amide bonds. The van der Waals surface area contributed by atoms with Gasteiger partial charge in [0.1, 0.15) is 0 Å². The third-order valence-corrected chi connectivity index (χ3v) is 5.38. The molecule has 6 nitrogen and oxygen atoms in total. The average Bonchev–Trinajstić information content (AvgIpc) is 3.12. The second kappa shape index (κ2) is 5.87. The summed E-state index contributed by atoms with van der Waals surface area (Å²) in [5.41, 5.74) is 4.68. The number of ketones is 1. The largest absolute Gasteiger partial charge is 0.478 e. The van der Waals surface area contributed by atoms with Gasteiger partial charge in [0.2, 0.25) is 6.79 Å². The number of aromatic carboxylic acids is 1. The maximum atomic E-state index is 12.8. The van der Waals surface area contributed by atoms with Gasteiger partial charge in [0.25, 0.3) is 0 Å². The van der Waals surface area contributed by atoms with Crippen molar-refractivity contribution in [2.75, 3.05) is 12.1 Å². The first kappa shape index (κ1) is 15.9. The first-order chi connectivity index (χ1) is 13.1. The van der Waals surface area contributed by atoms with Gasteiger partial charge in [0, 0.05) is 35.4 Å². The first-order valence-electron chi connectivity index (χ1n) is 8.92. The van der Waals surface area contributed by atoms with E-state index in [-0.39, 0.29) is 24.1 Å². The smallest absolute Gasteiger partial charge is 0.335 e. The van der Waals surface area contributed by atoms with Gasteiger partial charge in [0.05, 0.1) is 5.56 Å². The molecule has 0 radical (unpaired) electrons. The molecule has 0 spiro atoms. The van der Waals surface area contributed by atoms with Crippen molar-refractivity contribution in [2.24, 2.45) is 0 Å². The monoisotopic (exact) mass is 363 g/mol. The normalized spacial score (nSPS) is 20.0. The van der Waals surface area contributed by atoms with Crippen LogP contribution in [0.4, 0.5) is 5.69 Å². The molecule has 2 heterocycles. The van der Waals surface area contributed by atoms with Crippen molar-refractivity contribution in [3.05, 3.63) is 64.4 Å². The predicted molar refractivity (Wildman–Crippen MR) is 97.3 cm³/mol. The number of nitrogens with one attached hydrogen (secondary N) is 1. The van der Waals surface area contributed by atoms with Gasteiger partial charge in [-0.25, -0.2) is 4.79 Å². The number of carbonyl (C=O) groups is 2. The molecule has 0 unspecified atom stereocenters. The molecule has 0 saturated carbocycles. The van der Waals surface area contributed by atoms with Gasteiger partial charge >= 0.3 is 5.97 Å². The highest BCUT2D eigenvalue weighted by Gasteiger charge is 2.36. The van der Waals surface area contributed by atoms with Crippen LogP contribution in [0.2, 0.25) is 0 Å². The standard InChI is InChI=1S/C21H17NO5/c23-16-3-1-2-14-20(16)19(11-4-6-12(7-5-11)21(24)25)13-8-17-18(27-10-26-17)9-15(13)22-14/h4-9,19,22H,1-3,10H2,(H,24,25)/t19-/m1/s1. The molecule has 2 aliphatic heterocycles. The van der Waals surface area contributed by atoms with Crippen molar-refractivity contribution >= 4 is 17.4 Å². The molecule has 2 aromatic rings. The highest BCUT2D eigenvalue weighted by molar-refractivity contribution is 6.01. The first-order valence-corrected chi connectivity index (χ1v) is 8.92. The summed E-state index contributed by atoms with van der Waals surface area (Å²) in [5.74, 6) is 0.271. The number of anilines is 1. The van der Waals surface area contributed by atoms with E-state index >= 15 is 0 Å². The van der Waals surface area contributed by atoms with Gasteiger partial charge in [-0.3, -0.25) is 4.79 Å². The van der Waals surface area contributed by atoms with Crippen LogP contribution in [-0.2, 0) is 4.79 Å². The number of hydrogen-bond acceptors (Lipinski definition) is 5. The van der Waals surface area contributed by atoms with Gasteiger partial charge in [-0.1, -0.05) is 12.1 Å². The molecule has 0 saturated heterocycles. The number of carbonyl (C=O) groups excluding carboxylic acids is 1. The van der Waals surface area contributed by atoms with Crippen LogP contribution in [0.15, 0.2) is 47.7 Å². The zero-order valence-corrected chi connectivity index (χ0v) is 14.5. The minimum absolute atomic E-state index is 0.138. The maximum Gasteiger partial charge on any atom is 0.335 e. The number of fused-ring (bicyclic) bond motifs is 2. The minimum atomic E-state index is -0.968. The molecule has 6 heteroatoms. The fraction of sp³-hybridized carbons (Fsp3) is 0.238. The predicted octanol–water partition coefficient (Wildman–Crippen LogP) is 3.68. The summed E-state index contributed by atoms with van der Waals surface area (Å²) in [7, 11) is 0. The van der Waals surface area contributed by atoms with Crippen molar-refractivity contribution < 1.29 is 24.2 Å². The van der Waals surface area contributed by atoms with Crippen molar-refractivity contribution in [3.8, 4) is 11.5 Å². The van der Waals surface area contributed by atoms with Crippen LogP contribution in [0.5, 0.6) is 11.5 Å². The van der Waals surface area contributed by atoms with Gasteiger partial charge < -0.3 is 19.9 Å². The molecule has 2 aromatic carbocycles. The van der Waals surface area contributed by atoms with E-state index in [4.69, 9.17) is 9.47 Å². The van der Waals surface area contributed by atoms with Crippen LogP contribution in [-0.4, -0.2) is 23.7 Å². The van der Waals surface area contributed by atoms with E-state index in [0.29, 0.717) is 17.9 Å². The summed E-state index contributed by atoms with van der Waals surface area (Å²) in [6.07, 6.45) is 2.18. The zero-order chi connectivity index (χ0) is 18.5. The highest BCUT2D eigenvalue weighted by Crippen LogP contribution is 2.49. The topological polar surface area (TPSA) is 84.9 Å². The van der Waals surface area contributed by atoms with E-state index in [9.17, 15) is 14.7 Å². The molecule has 0 fully saturated rings. The van der Waals surface area contributed by atoms with E-state index in [1.165, 1.54) is 0 Å². The van der Waals surface area contributed by atoms with E-state index in [1.54, 1.807) is 24.3 Å². The molecule has 3 aliphatic rings. The Bertz CT molecular complexity index is 1010. The number of rotatable bonds is 2. The summed E-state index contributed by atoms with van der Waals surface area (Å²) in [5, 5.41) is 12.6. The zero-order valence-electron chi connectivity index (χ0n) is 14.5. The van der Waals surface area contributed by atoms with Crippen LogP contribution in [0.3, 0.4) is 0 Å². The lowest BCUT2D eigenvalue weighted by Crippen LogP contribution is -2.26. The van der Waals surface area contributed by atoms with Crippen LogP contribution in [0, 0.1) is 0 Å². The third-order valence-electron chi connectivity index (χ3n) is 5.38. The van der Waals surface area contributed by atoms with E-state index in [2.05, 4.69) is 5.32 Å². The number of benzene rings is 2. The molecular weight excluding hydrogens is 346 g/mol. The van der Waals surface area contributed by atoms with Crippen molar-refractivity contribution in [3.63, 3.8) is 0 Å². The molecule has 1 aliphatic carbocycles. The van der Waals surface area contributed by atoms with Crippen molar-refractivity contribution in [2.45, 2.75) is 25.2 Å². The van der Waals surface area contributed by atoms with Crippen LogP contribution in [0.25, 0.3) is 0 Å². The van der Waals surface area contributed by atoms with Gasteiger partial charge in [-0.15, -0.1) is 0 Å². The fourth-order valence-corrected chi connectivity index (χ4v) is 4.12. The summed E-state index contributed by atoms with van der Waals surface area (Å²) in [4.78, 5) is 24.0. The molecule has 0 bridgehead atoms. The van der Waals surface area contributed by atoms with Gasteiger partial charge in [0.15, 0.2) is 17.3 Å². The lowest BCUT2D eigenvalue weighted by atomic mass is 9.75. The molecular formula is C21H17NO5. The maximum absolute atomic E-state index is 12.8. The van der Waals surface area contributed by atoms with Crippen LogP contribution in [0.1, 0.15) is 46.7 Å². The molecule has 136 valence electrons. The Morgan fingerprint density at radius 2 is 1.81 bits per heavy atom. The minimum Gasteiger partial charge on any atom is -0.478 e. The number of Topliss-reactive ketones (excluding diaryl/α,β-unsaturated/α-hetero) is 1. The van der Waals surface area contributed by atoms with Crippen molar-refractivity contribution in [1.82, 2.24) is 0 Å². The fourth-order valence-electron chi connectivity index (χ4n) is 4.12. The Kier molecular flexibility index (Phi) is 3.47.